The molecule has 24 heavy (non-hydrogen) atoms. The van der Waals surface area contributed by atoms with E-state index in [9.17, 15) is 0 Å². The van der Waals surface area contributed by atoms with Gasteiger partial charge in [0.2, 0.25) is 0 Å². The van der Waals surface area contributed by atoms with Crippen LogP contribution >= 0.6 is 11.6 Å². The smallest absolute Gasteiger partial charge is 0.159 e. The average Bonchev–Trinajstić information content (AvgIpc) is 3.05. The molecule has 0 radical (unpaired) electrons. The van der Waals surface area contributed by atoms with Crippen LogP contribution in [0.25, 0.3) is 16.9 Å². The van der Waals surface area contributed by atoms with Gasteiger partial charge in [0.05, 0.1) is 26.0 Å². The first-order chi connectivity index (χ1) is 11.7. The Morgan fingerprint density at radius 3 is 2.58 bits per heavy atom. The molecule has 0 unspecified atom stereocenters. The largest absolute Gasteiger partial charge is 0.497 e. The van der Waals surface area contributed by atoms with Gasteiger partial charge < -0.3 is 14.4 Å². The van der Waals surface area contributed by atoms with Gasteiger partial charge in [-0.25, -0.2) is 4.98 Å². The monoisotopic (exact) mass is 344 g/mol. The summed E-state index contributed by atoms with van der Waals surface area (Å²) in [5, 5.41) is 5.19. The number of anilines is 1. The van der Waals surface area contributed by atoms with Crippen molar-refractivity contribution >= 4 is 23.1 Å². The summed E-state index contributed by atoms with van der Waals surface area (Å²) >= 11 is 6.21. The quantitative estimate of drug-likeness (QED) is 0.684. The minimum absolute atomic E-state index is 0.463. The molecular formula is C17H17ClN4O2. The Bertz CT molecular complexity index is 857. The van der Waals surface area contributed by atoms with E-state index in [1.54, 1.807) is 7.11 Å². The van der Waals surface area contributed by atoms with Gasteiger partial charge in [0.1, 0.15) is 16.7 Å². The van der Waals surface area contributed by atoms with Crippen LogP contribution in [0.4, 0.5) is 5.82 Å². The average molecular weight is 345 g/mol. The fourth-order valence-corrected chi connectivity index (χ4v) is 3.03. The van der Waals surface area contributed by atoms with Crippen molar-refractivity contribution in [1.82, 2.24) is 14.6 Å². The van der Waals surface area contributed by atoms with E-state index in [4.69, 9.17) is 26.2 Å². The van der Waals surface area contributed by atoms with Crippen molar-refractivity contribution in [1.29, 1.82) is 0 Å². The molecule has 0 saturated carbocycles. The molecule has 0 N–H and O–H groups in total. The van der Waals surface area contributed by atoms with Crippen molar-refractivity contribution in [3.05, 3.63) is 41.6 Å². The molecule has 1 aliphatic rings. The van der Waals surface area contributed by atoms with Crippen LogP contribution in [-0.4, -0.2) is 48.0 Å². The number of aromatic nitrogens is 3. The second-order valence-corrected chi connectivity index (χ2v) is 5.95. The summed E-state index contributed by atoms with van der Waals surface area (Å²) in [6.45, 7) is 3.03. The van der Waals surface area contributed by atoms with Crippen LogP contribution in [0, 0.1) is 0 Å². The highest BCUT2D eigenvalue weighted by molar-refractivity contribution is 6.29. The Labute approximate surface area is 144 Å². The lowest BCUT2D eigenvalue weighted by Gasteiger charge is -2.28. The van der Waals surface area contributed by atoms with E-state index in [1.165, 1.54) is 0 Å². The number of morpholine rings is 1. The van der Waals surface area contributed by atoms with Gasteiger partial charge in [-0.05, 0) is 24.3 Å². The van der Waals surface area contributed by atoms with E-state index >= 15 is 0 Å². The zero-order valence-electron chi connectivity index (χ0n) is 13.3. The first-order valence-electron chi connectivity index (χ1n) is 7.78. The van der Waals surface area contributed by atoms with Crippen LogP contribution in [0.1, 0.15) is 0 Å². The zero-order valence-corrected chi connectivity index (χ0v) is 14.0. The van der Waals surface area contributed by atoms with Crippen LogP contribution in [0.3, 0.4) is 0 Å². The van der Waals surface area contributed by atoms with Gasteiger partial charge in [0, 0.05) is 30.8 Å². The molecule has 1 fully saturated rings. The molecule has 124 valence electrons. The summed E-state index contributed by atoms with van der Waals surface area (Å²) in [6.07, 6.45) is 0. The number of nitrogens with zero attached hydrogens (tertiary/aromatic N) is 4. The first kappa shape index (κ1) is 15.2. The van der Waals surface area contributed by atoms with E-state index in [-0.39, 0.29) is 0 Å². The Morgan fingerprint density at radius 2 is 1.88 bits per heavy atom. The fourth-order valence-electron chi connectivity index (χ4n) is 2.85. The van der Waals surface area contributed by atoms with E-state index in [2.05, 4.69) is 9.88 Å². The van der Waals surface area contributed by atoms with Crippen molar-refractivity contribution in [2.45, 2.75) is 0 Å². The van der Waals surface area contributed by atoms with Crippen LogP contribution in [-0.2, 0) is 4.74 Å². The van der Waals surface area contributed by atoms with Crippen molar-refractivity contribution in [3.8, 4) is 17.0 Å². The molecule has 0 atom stereocenters. The number of hydrogen-bond acceptors (Lipinski definition) is 5. The summed E-state index contributed by atoms with van der Waals surface area (Å²) in [5.74, 6) is 1.76. The summed E-state index contributed by atoms with van der Waals surface area (Å²) in [6, 6.07) is 11.6. The molecule has 3 aromatic rings. The third-order valence-corrected chi connectivity index (χ3v) is 4.29. The van der Waals surface area contributed by atoms with Gasteiger partial charge in [-0.15, -0.1) is 0 Å². The predicted octanol–water partition coefficient (Wildman–Crippen LogP) is 2.89. The maximum Gasteiger partial charge on any atom is 0.159 e. The van der Waals surface area contributed by atoms with Crippen molar-refractivity contribution in [3.63, 3.8) is 0 Å². The number of hydrogen-bond donors (Lipinski definition) is 0. The SMILES string of the molecule is COc1ccc(-c2cc3nc(Cl)cc(N4CCOCC4)n3n2)cc1. The Balaban J connectivity index is 1.78. The molecule has 0 aliphatic carbocycles. The maximum absolute atomic E-state index is 6.21. The van der Waals surface area contributed by atoms with Crippen molar-refractivity contribution in [2.75, 3.05) is 38.3 Å². The molecule has 0 bridgehead atoms. The third kappa shape index (κ3) is 2.79. The van der Waals surface area contributed by atoms with Crippen molar-refractivity contribution in [2.24, 2.45) is 0 Å². The lowest BCUT2D eigenvalue weighted by Crippen LogP contribution is -2.37. The molecule has 0 spiro atoms. The summed E-state index contributed by atoms with van der Waals surface area (Å²) in [7, 11) is 1.65. The molecule has 4 rings (SSSR count). The van der Waals surface area contributed by atoms with Gasteiger partial charge in [-0.3, -0.25) is 0 Å². The Hall–Kier alpha value is -2.31. The number of rotatable bonds is 3. The van der Waals surface area contributed by atoms with E-state index < -0.39 is 0 Å². The van der Waals surface area contributed by atoms with E-state index in [1.807, 2.05) is 40.9 Å². The van der Waals surface area contributed by atoms with Gasteiger partial charge in [0.15, 0.2) is 5.65 Å². The molecule has 1 aliphatic heterocycles. The number of methoxy groups -OCH3 is 1. The van der Waals surface area contributed by atoms with Gasteiger partial charge in [0.25, 0.3) is 0 Å². The van der Waals surface area contributed by atoms with Gasteiger partial charge >= 0.3 is 0 Å². The van der Waals surface area contributed by atoms with Crippen LogP contribution < -0.4 is 9.64 Å². The lowest BCUT2D eigenvalue weighted by molar-refractivity contribution is 0.122. The maximum atomic E-state index is 6.21. The highest BCUT2D eigenvalue weighted by Crippen LogP contribution is 2.26. The minimum atomic E-state index is 0.463. The number of halogens is 1. The topological polar surface area (TPSA) is 51.9 Å². The fraction of sp³-hybridized carbons (Fsp3) is 0.294. The molecule has 1 aromatic carbocycles. The third-order valence-electron chi connectivity index (χ3n) is 4.10. The first-order valence-corrected chi connectivity index (χ1v) is 8.16. The van der Waals surface area contributed by atoms with Gasteiger partial charge in [-0.1, -0.05) is 11.6 Å². The number of ether oxygens (including phenoxy) is 2. The summed E-state index contributed by atoms with van der Waals surface area (Å²) in [4.78, 5) is 6.61. The normalized spacial score (nSPS) is 15.0. The van der Waals surface area contributed by atoms with Crippen LogP contribution in [0.5, 0.6) is 5.75 Å². The second-order valence-electron chi connectivity index (χ2n) is 5.56. The lowest BCUT2D eigenvalue weighted by atomic mass is 10.1. The van der Waals surface area contributed by atoms with Crippen molar-refractivity contribution < 1.29 is 9.47 Å². The van der Waals surface area contributed by atoms with E-state index in [0.29, 0.717) is 18.4 Å². The minimum Gasteiger partial charge on any atom is -0.497 e. The molecule has 0 amide bonds. The molecule has 1 saturated heterocycles. The number of fused-ring (bicyclic) bond motifs is 1. The zero-order chi connectivity index (χ0) is 16.5. The summed E-state index contributed by atoms with van der Waals surface area (Å²) in [5.41, 5.74) is 2.59. The Morgan fingerprint density at radius 1 is 1.12 bits per heavy atom. The standard InChI is InChI=1S/C17H17ClN4O2/c1-23-13-4-2-12(3-5-13)14-10-16-19-15(18)11-17(22(16)20-14)21-6-8-24-9-7-21/h2-5,10-11H,6-9H2,1H3. The molecule has 7 heteroatoms. The molecule has 3 heterocycles. The predicted molar refractivity (Wildman–Crippen MR) is 93.0 cm³/mol. The second kappa shape index (κ2) is 6.30. The highest BCUT2D eigenvalue weighted by Gasteiger charge is 2.17. The molecule has 6 nitrogen and oxygen atoms in total. The molecular weight excluding hydrogens is 328 g/mol. The number of benzene rings is 1. The highest BCUT2D eigenvalue weighted by atomic mass is 35.5. The molecule has 2 aromatic heterocycles. The van der Waals surface area contributed by atoms with E-state index in [0.717, 1.165) is 41.6 Å². The van der Waals surface area contributed by atoms with Crippen LogP contribution in [0.15, 0.2) is 36.4 Å². The summed E-state index contributed by atoms with van der Waals surface area (Å²) < 4.78 is 12.5. The Kier molecular flexibility index (Phi) is 4.00. The van der Waals surface area contributed by atoms with Gasteiger partial charge in [-0.2, -0.15) is 9.61 Å². The van der Waals surface area contributed by atoms with Crippen LogP contribution in [0.2, 0.25) is 5.15 Å².